The number of hydrogen-bond donors (Lipinski definition) is 3. The number of hydrogen-bond acceptors (Lipinski definition) is 4. The Morgan fingerprint density at radius 3 is 2.14 bits per heavy atom. The minimum atomic E-state index is -1.31. The van der Waals surface area contributed by atoms with Crippen molar-refractivity contribution in [2.24, 2.45) is 0 Å². The van der Waals surface area contributed by atoms with Crippen LogP contribution in [0.1, 0.15) is 50.5 Å². The summed E-state index contributed by atoms with van der Waals surface area (Å²) in [5, 5.41) is 21.7. The van der Waals surface area contributed by atoms with Crippen molar-refractivity contribution in [3.05, 3.63) is 29.3 Å². The van der Waals surface area contributed by atoms with Gasteiger partial charge in [-0.3, -0.25) is 5.32 Å². The molecule has 0 bridgehead atoms. The molecule has 1 amide bonds. The molecule has 1 rings (SSSR count). The van der Waals surface area contributed by atoms with Gasteiger partial charge < -0.3 is 14.9 Å². The third-order valence-electron chi connectivity index (χ3n) is 2.56. The number of nitrogens with one attached hydrogen (secondary N) is 1. The van der Waals surface area contributed by atoms with Crippen LogP contribution in [0, 0.1) is 0 Å². The van der Waals surface area contributed by atoms with E-state index in [1.807, 2.05) is 0 Å². The lowest BCUT2D eigenvalue weighted by Crippen LogP contribution is -2.28. The lowest BCUT2D eigenvalue weighted by Gasteiger charge is -2.24. The van der Waals surface area contributed by atoms with Crippen molar-refractivity contribution in [2.75, 3.05) is 5.32 Å². The summed E-state index contributed by atoms with van der Waals surface area (Å²) in [6.07, 6.45) is -0.670. The molecule has 0 saturated carbocycles. The van der Waals surface area contributed by atoms with Crippen LogP contribution in [0.15, 0.2) is 18.2 Å². The molecule has 0 aliphatic heterocycles. The van der Waals surface area contributed by atoms with Crippen molar-refractivity contribution in [2.45, 2.75) is 45.8 Å². The summed E-state index contributed by atoms with van der Waals surface area (Å²) in [6.45, 7) is 8.22. The van der Waals surface area contributed by atoms with Gasteiger partial charge >= 0.3 is 12.1 Å². The Kier molecular flexibility index (Phi) is 4.63. The van der Waals surface area contributed by atoms with Crippen molar-refractivity contribution >= 4 is 17.7 Å². The molecular formula is C15H21NO5. The first kappa shape index (κ1) is 17.0. The van der Waals surface area contributed by atoms with E-state index in [1.165, 1.54) is 32.0 Å². The Bertz CT molecular complexity index is 552. The fourth-order valence-electron chi connectivity index (χ4n) is 1.71. The number of benzene rings is 1. The molecule has 1 aromatic rings. The van der Waals surface area contributed by atoms with E-state index >= 15 is 0 Å². The molecule has 0 heterocycles. The van der Waals surface area contributed by atoms with E-state index in [-0.39, 0.29) is 5.56 Å². The second-order valence-electron chi connectivity index (χ2n) is 6.25. The van der Waals surface area contributed by atoms with Gasteiger partial charge in [-0.2, -0.15) is 0 Å². The number of anilines is 1. The first-order valence-corrected chi connectivity index (χ1v) is 6.50. The number of aromatic carboxylic acids is 1. The second kappa shape index (κ2) is 5.73. The van der Waals surface area contributed by atoms with Gasteiger partial charge in [0.1, 0.15) is 5.60 Å². The van der Waals surface area contributed by atoms with E-state index < -0.39 is 23.3 Å². The van der Waals surface area contributed by atoms with Crippen LogP contribution < -0.4 is 5.32 Å². The van der Waals surface area contributed by atoms with Crippen LogP contribution in [0.4, 0.5) is 10.5 Å². The number of amides is 1. The molecule has 3 N–H and O–H groups in total. The topological polar surface area (TPSA) is 95.9 Å². The molecule has 0 atom stereocenters. The van der Waals surface area contributed by atoms with Crippen LogP contribution in [0.5, 0.6) is 0 Å². The van der Waals surface area contributed by atoms with Gasteiger partial charge in [0, 0.05) is 5.56 Å². The SMILES string of the molecule is CC(C)(C)OC(=O)Nc1ccc(C(=O)O)cc1C(C)(C)O. The first-order chi connectivity index (χ1) is 9.40. The van der Waals surface area contributed by atoms with Crippen LogP contribution in [-0.4, -0.2) is 27.9 Å². The predicted octanol–water partition coefficient (Wildman–Crippen LogP) is 2.96. The van der Waals surface area contributed by atoms with Gasteiger partial charge in [-0.1, -0.05) is 0 Å². The Morgan fingerprint density at radius 1 is 1.14 bits per heavy atom. The van der Waals surface area contributed by atoms with E-state index in [2.05, 4.69) is 5.32 Å². The zero-order valence-electron chi connectivity index (χ0n) is 12.9. The van der Waals surface area contributed by atoms with Crippen molar-refractivity contribution in [3.8, 4) is 0 Å². The van der Waals surface area contributed by atoms with Gasteiger partial charge in [-0.05, 0) is 52.8 Å². The third kappa shape index (κ3) is 5.07. The molecule has 0 aliphatic carbocycles. The zero-order chi connectivity index (χ0) is 16.4. The number of carboxylic acid groups (broad SMARTS) is 1. The van der Waals surface area contributed by atoms with Gasteiger partial charge in [0.15, 0.2) is 0 Å². The highest BCUT2D eigenvalue weighted by molar-refractivity contribution is 5.91. The number of carbonyl (C=O) groups excluding carboxylic acids is 1. The van der Waals surface area contributed by atoms with Gasteiger partial charge in [0.25, 0.3) is 0 Å². The molecule has 21 heavy (non-hydrogen) atoms. The van der Waals surface area contributed by atoms with Crippen molar-refractivity contribution in [3.63, 3.8) is 0 Å². The first-order valence-electron chi connectivity index (χ1n) is 6.50. The van der Waals surface area contributed by atoms with E-state index in [1.54, 1.807) is 20.8 Å². The highest BCUT2D eigenvalue weighted by atomic mass is 16.6. The van der Waals surface area contributed by atoms with Crippen molar-refractivity contribution in [1.29, 1.82) is 0 Å². The summed E-state index contributed by atoms with van der Waals surface area (Å²) < 4.78 is 5.14. The predicted molar refractivity (Wildman–Crippen MR) is 78.5 cm³/mol. The highest BCUT2D eigenvalue weighted by Crippen LogP contribution is 2.29. The summed E-state index contributed by atoms with van der Waals surface area (Å²) >= 11 is 0. The third-order valence-corrected chi connectivity index (χ3v) is 2.56. The Labute approximate surface area is 123 Å². The minimum Gasteiger partial charge on any atom is -0.478 e. The maximum atomic E-state index is 11.8. The lowest BCUT2D eigenvalue weighted by molar-refractivity contribution is 0.0632. The molecule has 6 heteroatoms. The maximum absolute atomic E-state index is 11.8. The minimum absolute atomic E-state index is 0.0295. The van der Waals surface area contributed by atoms with E-state index in [0.717, 1.165) is 0 Å². The number of carboxylic acids is 1. The zero-order valence-corrected chi connectivity index (χ0v) is 12.9. The van der Waals surface area contributed by atoms with E-state index in [4.69, 9.17) is 9.84 Å². The molecule has 0 aromatic heterocycles. The largest absolute Gasteiger partial charge is 0.478 e. The van der Waals surface area contributed by atoms with Gasteiger partial charge in [-0.25, -0.2) is 9.59 Å². The quantitative estimate of drug-likeness (QED) is 0.796. The number of rotatable bonds is 3. The van der Waals surface area contributed by atoms with Gasteiger partial charge in [-0.15, -0.1) is 0 Å². The molecule has 0 spiro atoms. The van der Waals surface area contributed by atoms with Crippen molar-refractivity contribution < 1.29 is 24.5 Å². The Hall–Kier alpha value is -2.08. The van der Waals surface area contributed by atoms with Crippen molar-refractivity contribution in [1.82, 2.24) is 0 Å². The fourth-order valence-corrected chi connectivity index (χ4v) is 1.71. The molecule has 0 aliphatic rings. The molecule has 0 fully saturated rings. The van der Waals surface area contributed by atoms with Crippen LogP contribution in [-0.2, 0) is 10.3 Å². The van der Waals surface area contributed by atoms with Crippen LogP contribution in [0.2, 0.25) is 0 Å². The summed E-state index contributed by atoms with van der Waals surface area (Å²) in [6, 6.07) is 4.11. The van der Waals surface area contributed by atoms with Crippen LogP contribution >= 0.6 is 0 Å². The normalized spacial score (nSPS) is 11.9. The van der Waals surface area contributed by atoms with Crippen LogP contribution in [0.25, 0.3) is 0 Å². The summed E-state index contributed by atoms with van der Waals surface area (Å²) in [5.74, 6) is -1.11. The average molecular weight is 295 g/mol. The fraction of sp³-hybridized carbons (Fsp3) is 0.467. The van der Waals surface area contributed by atoms with Gasteiger partial charge in [0.05, 0.1) is 16.9 Å². The smallest absolute Gasteiger partial charge is 0.412 e. The summed E-state index contributed by atoms with van der Waals surface area (Å²) in [7, 11) is 0. The average Bonchev–Trinajstić information content (AvgIpc) is 2.24. The second-order valence-corrected chi connectivity index (χ2v) is 6.25. The summed E-state index contributed by atoms with van der Waals surface area (Å²) in [5.41, 5.74) is -1.33. The molecule has 0 saturated heterocycles. The molecule has 6 nitrogen and oxygen atoms in total. The van der Waals surface area contributed by atoms with E-state index in [0.29, 0.717) is 11.3 Å². The van der Waals surface area contributed by atoms with Gasteiger partial charge in [0.2, 0.25) is 0 Å². The standard InChI is InChI=1S/C15H21NO5/c1-14(2,3)21-13(19)16-11-7-6-9(12(17)18)8-10(11)15(4,5)20/h6-8,20H,1-5H3,(H,16,19)(H,17,18). The molecule has 0 unspecified atom stereocenters. The molecular weight excluding hydrogens is 274 g/mol. The molecule has 0 radical (unpaired) electrons. The van der Waals surface area contributed by atoms with Crippen LogP contribution in [0.3, 0.4) is 0 Å². The Balaban J connectivity index is 3.12. The number of aliphatic hydroxyl groups is 1. The number of ether oxygens (including phenoxy) is 1. The molecule has 116 valence electrons. The number of carbonyl (C=O) groups is 2. The lowest BCUT2D eigenvalue weighted by atomic mass is 9.94. The molecule has 1 aromatic carbocycles. The summed E-state index contributed by atoms with van der Waals surface area (Å²) in [4.78, 5) is 22.8. The Morgan fingerprint density at radius 2 is 1.71 bits per heavy atom. The van der Waals surface area contributed by atoms with E-state index in [9.17, 15) is 14.7 Å². The highest BCUT2D eigenvalue weighted by Gasteiger charge is 2.24. The monoisotopic (exact) mass is 295 g/mol. The maximum Gasteiger partial charge on any atom is 0.412 e.